The van der Waals surface area contributed by atoms with E-state index in [2.05, 4.69) is 10.2 Å². The third-order valence-corrected chi connectivity index (χ3v) is 2.98. The van der Waals surface area contributed by atoms with E-state index in [9.17, 15) is 4.79 Å². The number of carbonyl (C=O) groups excluding carboxylic acids is 1. The minimum Gasteiger partial charge on any atom is -0.482 e. The van der Waals surface area contributed by atoms with E-state index >= 15 is 0 Å². The molecule has 1 aromatic rings. The molecule has 0 bridgehead atoms. The van der Waals surface area contributed by atoms with Crippen molar-refractivity contribution in [3.63, 3.8) is 0 Å². The van der Waals surface area contributed by atoms with Crippen LogP contribution in [0, 0.1) is 0 Å². The number of carbonyl (C=O) groups is 1. The Labute approximate surface area is 112 Å². The van der Waals surface area contributed by atoms with Gasteiger partial charge in [-0.2, -0.15) is 0 Å². The van der Waals surface area contributed by atoms with Gasteiger partial charge in [0.1, 0.15) is 5.75 Å². The Morgan fingerprint density at radius 1 is 1.53 bits per heavy atom. The van der Waals surface area contributed by atoms with E-state index in [1.807, 2.05) is 25.2 Å². The summed E-state index contributed by atoms with van der Waals surface area (Å²) in [5.41, 5.74) is 13.1. The third-order valence-electron chi connectivity index (χ3n) is 2.98. The van der Waals surface area contributed by atoms with Crippen LogP contribution >= 0.6 is 0 Å². The van der Waals surface area contributed by atoms with Crippen LogP contribution in [0.5, 0.6) is 5.75 Å². The molecule has 1 unspecified atom stereocenters. The average Bonchev–Trinajstić information content (AvgIpc) is 2.37. The van der Waals surface area contributed by atoms with E-state index in [0.717, 1.165) is 24.3 Å². The van der Waals surface area contributed by atoms with Gasteiger partial charge in [-0.15, -0.1) is 0 Å². The molecule has 0 aromatic heterocycles. The predicted molar refractivity (Wildman–Crippen MR) is 73.9 cm³/mol. The van der Waals surface area contributed by atoms with Crippen molar-refractivity contribution >= 4 is 11.6 Å². The first-order valence-corrected chi connectivity index (χ1v) is 6.28. The smallest absolute Gasteiger partial charge is 0.262 e. The van der Waals surface area contributed by atoms with Gasteiger partial charge in [0.25, 0.3) is 5.91 Å². The number of likely N-dealkylation sites (N-methyl/N-ethyl adjacent to an activating group) is 1. The molecule has 6 nitrogen and oxygen atoms in total. The van der Waals surface area contributed by atoms with E-state index in [1.54, 1.807) is 0 Å². The first kappa shape index (κ1) is 13.8. The Hall–Kier alpha value is -1.63. The molecule has 6 heteroatoms. The molecule has 0 saturated heterocycles. The highest BCUT2D eigenvalue weighted by atomic mass is 16.5. The van der Waals surface area contributed by atoms with Gasteiger partial charge in [-0.05, 0) is 24.7 Å². The molecular weight excluding hydrogens is 244 g/mol. The van der Waals surface area contributed by atoms with Crippen LogP contribution in [0.15, 0.2) is 18.2 Å². The highest BCUT2D eigenvalue weighted by Crippen LogP contribution is 2.28. The van der Waals surface area contributed by atoms with Crippen LogP contribution in [-0.4, -0.2) is 43.6 Å². The zero-order valence-corrected chi connectivity index (χ0v) is 11.1. The standard InChI is InChI=1S/C13H20N4O2/c1-17(7-10(15)5-14)6-9-2-3-12-11(4-9)16-13(18)8-19-12/h2-4,10H,5-8,14-15H2,1H3,(H,16,18). The molecule has 0 radical (unpaired) electrons. The lowest BCUT2D eigenvalue weighted by molar-refractivity contribution is -0.118. The molecule has 2 rings (SSSR count). The Balaban J connectivity index is 2.01. The second-order valence-corrected chi connectivity index (χ2v) is 4.86. The van der Waals surface area contributed by atoms with E-state index < -0.39 is 0 Å². The van der Waals surface area contributed by atoms with E-state index in [4.69, 9.17) is 16.2 Å². The Morgan fingerprint density at radius 2 is 2.32 bits per heavy atom. The number of hydrogen-bond acceptors (Lipinski definition) is 5. The van der Waals surface area contributed by atoms with Crippen LogP contribution in [0.3, 0.4) is 0 Å². The number of nitrogens with zero attached hydrogens (tertiary/aromatic N) is 1. The monoisotopic (exact) mass is 264 g/mol. The fourth-order valence-corrected chi connectivity index (χ4v) is 2.08. The van der Waals surface area contributed by atoms with Crippen molar-refractivity contribution in [2.24, 2.45) is 11.5 Å². The lowest BCUT2D eigenvalue weighted by Gasteiger charge is -2.22. The van der Waals surface area contributed by atoms with E-state index in [-0.39, 0.29) is 18.6 Å². The third kappa shape index (κ3) is 3.66. The van der Waals surface area contributed by atoms with Crippen molar-refractivity contribution < 1.29 is 9.53 Å². The number of anilines is 1. The zero-order valence-electron chi connectivity index (χ0n) is 11.1. The first-order chi connectivity index (χ1) is 9.08. The van der Waals surface area contributed by atoms with Crippen molar-refractivity contribution in [2.75, 3.05) is 32.1 Å². The van der Waals surface area contributed by atoms with Gasteiger partial charge in [0, 0.05) is 25.7 Å². The molecule has 1 heterocycles. The number of fused-ring (bicyclic) bond motifs is 1. The molecule has 1 amide bonds. The van der Waals surface area contributed by atoms with Crippen LogP contribution in [0.1, 0.15) is 5.56 Å². The number of benzene rings is 1. The minimum absolute atomic E-state index is 0.0225. The fraction of sp³-hybridized carbons (Fsp3) is 0.462. The van der Waals surface area contributed by atoms with Gasteiger partial charge in [-0.1, -0.05) is 6.07 Å². The molecule has 0 aliphatic carbocycles. The molecule has 0 saturated carbocycles. The van der Waals surface area contributed by atoms with Gasteiger partial charge in [0.2, 0.25) is 0 Å². The number of hydrogen-bond donors (Lipinski definition) is 3. The number of rotatable bonds is 5. The Kier molecular flexibility index (Phi) is 4.36. The predicted octanol–water partition coefficient (Wildman–Crippen LogP) is -0.265. The summed E-state index contributed by atoms with van der Waals surface area (Å²) in [6.07, 6.45) is 0. The summed E-state index contributed by atoms with van der Waals surface area (Å²) >= 11 is 0. The van der Waals surface area contributed by atoms with Gasteiger partial charge in [0.15, 0.2) is 6.61 Å². The van der Waals surface area contributed by atoms with Gasteiger partial charge in [0.05, 0.1) is 5.69 Å². The maximum absolute atomic E-state index is 11.3. The van der Waals surface area contributed by atoms with Crippen LogP contribution in [0.25, 0.3) is 0 Å². The number of ether oxygens (including phenoxy) is 1. The SMILES string of the molecule is CN(Cc1ccc2c(c1)NC(=O)CO2)CC(N)CN. The largest absolute Gasteiger partial charge is 0.482 e. The summed E-state index contributed by atoms with van der Waals surface area (Å²) in [5.74, 6) is 0.591. The van der Waals surface area contributed by atoms with Crippen molar-refractivity contribution in [2.45, 2.75) is 12.6 Å². The topological polar surface area (TPSA) is 93.6 Å². The molecule has 104 valence electrons. The molecule has 0 spiro atoms. The second-order valence-electron chi connectivity index (χ2n) is 4.86. The lowest BCUT2D eigenvalue weighted by atomic mass is 10.1. The summed E-state index contributed by atoms with van der Waals surface area (Å²) in [6, 6.07) is 5.77. The Morgan fingerprint density at radius 3 is 3.05 bits per heavy atom. The van der Waals surface area contributed by atoms with Crippen LogP contribution in [-0.2, 0) is 11.3 Å². The maximum atomic E-state index is 11.3. The van der Waals surface area contributed by atoms with Crippen molar-refractivity contribution in [1.82, 2.24) is 4.90 Å². The molecule has 5 N–H and O–H groups in total. The normalized spacial score (nSPS) is 15.7. The van der Waals surface area contributed by atoms with E-state index in [0.29, 0.717) is 12.3 Å². The highest BCUT2D eigenvalue weighted by molar-refractivity contribution is 5.95. The second kappa shape index (κ2) is 6.01. The summed E-state index contributed by atoms with van der Waals surface area (Å²) in [5, 5.41) is 2.80. The summed E-state index contributed by atoms with van der Waals surface area (Å²) in [6.45, 7) is 2.03. The zero-order chi connectivity index (χ0) is 13.8. The molecule has 19 heavy (non-hydrogen) atoms. The van der Waals surface area contributed by atoms with Crippen molar-refractivity contribution in [3.8, 4) is 5.75 Å². The highest BCUT2D eigenvalue weighted by Gasteiger charge is 2.16. The first-order valence-electron chi connectivity index (χ1n) is 6.28. The van der Waals surface area contributed by atoms with Crippen LogP contribution in [0.2, 0.25) is 0 Å². The van der Waals surface area contributed by atoms with Gasteiger partial charge in [-0.3, -0.25) is 4.79 Å². The molecule has 1 aromatic carbocycles. The van der Waals surface area contributed by atoms with Gasteiger partial charge < -0.3 is 26.4 Å². The number of nitrogens with two attached hydrogens (primary N) is 2. The molecular formula is C13H20N4O2. The average molecular weight is 264 g/mol. The van der Waals surface area contributed by atoms with Crippen molar-refractivity contribution in [3.05, 3.63) is 23.8 Å². The quantitative estimate of drug-likeness (QED) is 0.681. The fourth-order valence-electron chi connectivity index (χ4n) is 2.08. The van der Waals surface area contributed by atoms with E-state index in [1.165, 1.54) is 0 Å². The summed E-state index contributed by atoms with van der Waals surface area (Å²) in [7, 11) is 1.99. The van der Waals surface area contributed by atoms with Crippen LogP contribution in [0.4, 0.5) is 5.69 Å². The molecule has 1 atom stereocenters. The number of nitrogens with one attached hydrogen (secondary N) is 1. The molecule has 0 fully saturated rings. The number of amides is 1. The van der Waals surface area contributed by atoms with Crippen molar-refractivity contribution in [1.29, 1.82) is 0 Å². The Bertz CT molecular complexity index is 464. The minimum atomic E-state index is -0.122. The van der Waals surface area contributed by atoms with Gasteiger partial charge >= 0.3 is 0 Å². The van der Waals surface area contributed by atoms with Gasteiger partial charge in [-0.25, -0.2) is 0 Å². The summed E-state index contributed by atoms with van der Waals surface area (Å²) in [4.78, 5) is 13.4. The molecule has 1 aliphatic heterocycles. The molecule has 1 aliphatic rings. The lowest BCUT2D eigenvalue weighted by Crippen LogP contribution is -2.40. The summed E-state index contributed by atoms with van der Waals surface area (Å²) < 4.78 is 5.32. The van der Waals surface area contributed by atoms with Crippen LogP contribution < -0.4 is 21.5 Å². The maximum Gasteiger partial charge on any atom is 0.262 e.